The van der Waals surface area contributed by atoms with E-state index in [0.29, 0.717) is 6.54 Å². The highest BCUT2D eigenvalue weighted by Gasteiger charge is 2.38. The molecule has 1 heterocycles. The molecule has 1 aliphatic carbocycles. The van der Waals surface area contributed by atoms with Crippen LogP contribution in [0.5, 0.6) is 0 Å². The number of carbonyl (C=O) groups excluding carboxylic acids is 1. The number of thioether (sulfide) groups is 1. The second-order valence-electron chi connectivity index (χ2n) is 5.26. The van der Waals surface area contributed by atoms with Crippen LogP contribution >= 0.6 is 11.8 Å². The van der Waals surface area contributed by atoms with E-state index in [1.54, 1.807) is 11.8 Å². The van der Waals surface area contributed by atoms with E-state index >= 15 is 0 Å². The lowest BCUT2D eigenvalue weighted by Crippen LogP contribution is -2.45. The molecular formula is C13H23N3OS. The van der Waals surface area contributed by atoms with Crippen molar-refractivity contribution in [2.75, 3.05) is 12.3 Å². The van der Waals surface area contributed by atoms with Gasteiger partial charge in [0.25, 0.3) is 0 Å². The van der Waals surface area contributed by atoms with Gasteiger partial charge in [0.05, 0.1) is 0 Å². The van der Waals surface area contributed by atoms with Gasteiger partial charge in [-0.15, -0.1) is 0 Å². The molecule has 1 amide bonds. The van der Waals surface area contributed by atoms with E-state index in [2.05, 4.69) is 15.6 Å². The van der Waals surface area contributed by atoms with Gasteiger partial charge in [-0.1, -0.05) is 31.0 Å². The Morgan fingerprint density at radius 1 is 1.50 bits per heavy atom. The average Bonchev–Trinajstić information content (AvgIpc) is 2.73. The maximum absolute atomic E-state index is 11.6. The van der Waals surface area contributed by atoms with E-state index in [-0.39, 0.29) is 17.5 Å². The van der Waals surface area contributed by atoms with Crippen LogP contribution in [0.2, 0.25) is 0 Å². The molecule has 1 aliphatic heterocycles. The number of nitrogens with zero attached hydrogens (tertiary/aromatic N) is 1. The van der Waals surface area contributed by atoms with Crippen LogP contribution in [-0.2, 0) is 4.79 Å². The van der Waals surface area contributed by atoms with Crippen molar-refractivity contribution in [1.29, 1.82) is 0 Å². The maximum atomic E-state index is 11.6. The SMILES string of the molecule is CCNC(=O)C(C)N=C1NC2(CCCCC2)CS1. The summed E-state index contributed by atoms with van der Waals surface area (Å²) in [5.74, 6) is 1.12. The van der Waals surface area contributed by atoms with E-state index in [9.17, 15) is 4.79 Å². The number of carbonyl (C=O) groups is 1. The van der Waals surface area contributed by atoms with E-state index in [1.807, 2.05) is 13.8 Å². The molecule has 5 heteroatoms. The molecule has 2 N–H and O–H groups in total. The first-order valence-electron chi connectivity index (χ1n) is 6.92. The molecule has 4 nitrogen and oxygen atoms in total. The molecule has 2 aliphatic rings. The molecule has 1 saturated heterocycles. The van der Waals surface area contributed by atoms with Crippen molar-refractivity contribution < 1.29 is 4.79 Å². The third-order valence-corrected chi connectivity index (χ3v) is 4.89. The van der Waals surface area contributed by atoms with Gasteiger partial charge in [0, 0.05) is 17.8 Å². The fourth-order valence-corrected chi connectivity index (χ4v) is 3.92. The third-order valence-electron chi connectivity index (χ3n) is 3.71. The molecule has 0 aromatic rings. The molecule has 1 unspecified atom stereocenters. The van der Waals surface area contributed by atoms with Crippen LogP contribution in [0.4, 0.5) is 0 Å². The summed E-state index contributed by atoms with van der Waals surface area (Å²) in [5.41, 5.74) is 0.267. The zero-order chi connectivity index (χ0) is 13.0. The van der Waals surface area contributed by atoms with Crippen LogP contribution in [0.3, 0.4) is 0 Å². The Bertz CT molecular complexity index is 337. The van der Waals surface area contributed by atoms with E-state index in [4.69, 9.17) is 0 Å². The maximum Gasteiger partial charge on any atom is 0.244 e. The number of amides is 1. The number of hydrogen-bond donors (Lipinski definition) is 2. The highest BCUT2D eigenvalue weighted by molar-refractivity contribution is 8.14. The zero-order valence-electron chi connectivity index (χ0n) is 11.3. The Hall–Kier alpha value is -0.710. The first-order chi connectivity index (χ1) is 8.65. The standard InChI is InChI=1S/C13H23N3OS/c1-3-14-11(17)10(2)15-12-16-13(9-18-12)7-5-4-6-8-13/h10H,3-9H2,1-2H3,(H,14,17)(H,15,16). The fraction of sp³-hybridized carbons (Fsp3) is 0.846. The van der Waals surface area contributed by atoms with Crippen molar-refractivity contribution in [3.8, 4) is 0 Å². The molecule has 0 aromatic heterocycles. The number of nitrogens with one attached hydrogen (secondary N) is 2. The van der Waals surface area contributed by atoms with Crippen LogP contribution in [0.25, 0.3) is 0 Å². The van der Waals surface area contributed by atoms with Gasteiger partial charge in [-0.3, -0.25) is 4.79 Å². The Kier molecular flexibility index (Phi) is 4.54. The van der Waals surface area contributed by atoms with Gasteiger partial charge < -0.3 is 10.6 Å². The summed E-state index contributed by atoms with van der Waals surface area (Å²) in [7, 11) is 0. The minimum Gasteiger partial charge on any atom is -0.359 e. The lowest BCUT2D eigenvalue weighted by molar-refractivity contribution is -0.121. The molecule has 0 radical (unpaired) electrons. The third kappa shape index (κ3) is 3.19. The van der Waals surface area contributed by atoms with Gasteiger partial charge in [-0.25, -0.2) is 4.99 Å². The normalized spacial score (nSPS) is 26.0. The highest BCUT2D eigenvalue weighted by Crippen LogP contribution is 2.36. The molecular weight excluding hydrogens is 246 g/mol. The smallest absolute Gasteiger partial charge is 0.244 e. The fourth-order valence-electron chi connectivity index (χ4n) is 2.63. The Morgan fingerprint density at radius 3 is 2.89 bits per heavy atom. The zero-order valence-corrected chi connectivity index (χ0v) is 12.1. The van der Waals surface area contributed by atoms with E-state index in [1.165, 1.54) is 32.1 Å². The van der Waals surface area contributed by atoms with Crippen molar-refractivity contribution in [2.45, 2.75) is 57.5 Å². The second kappa shape index (κ2) is 5.95. The predicted octanol–water partition coefficient (Wildman–Crippen LogP) is 1.91. The van der Waals surface area contributed by atoms with Gasteiger partial charge >= 0.3 is 0 Å². The summed E-state index contributed by atoms with van der Waals surface area (Å²) in [4.78, 5) is 16.1. The van der Waals surface area contributed by atoms with Crippen molar-refractivity contribution in [3.63, 3.8) is 0 Å². The van der Waals surface area contributed by atoms with Crippen LogP contribution in [0.1, 0.15) is 46.0 Å². The van der Waals surface area contributed by atoms with E-state index < -0.39 is 0 Å². The Labute approximate surface area is 113 Å². The number of amidine groups is 1. The van der Waals surface area contributed by atoms with Gasteiger partial charge in [-0.05, 0) is 26.7 Å². The number of aliphatic imine (C=N–C) groups is 1. The quantitative estimate of drug-likeness (QED) is 0.823. The van der Waals surface area contributed by atoms with Crippen LogP contribution < -0.4 is 10.6 Å². The number of hydrogen-bond acceptors (Lipinski definition) is 3. The van der Waals surface area contributed by atoms with Crippen LogP contribution in [0, 0.1) is 0 Å². The molecule has 2 rings (SSSR count). The largest absolute Gasteiger partial charge is 0.359 e. The number of rotatable bonds is 3. The summed E-state index contributed by atoms with van der Waals surface area (Å²) < 4.78 is 0. The highest BCUT2D eigenvalue weighted by atomic mass is 32.2. The molecule has 102 valence electrons. The van der Waals surface area contributed by atoms with Gasteiger partial charge in [0.1, 0.15) is 6.04 Å². The van der Waals surface area contributed by atoms with Gasteiger partial charge in [0.2, 0.25) is 5.91 Å². The lowest BCUT2D eigenvalue weighted by atomic mass is 9.83. The summed E-state index contributed by atoms with van der Waals surface area (Å²) in [6.45, 7) is 4.45. The van der Waals surface area contributed by atoms with Crippen molar-refractivity contribution in [1.82, 2.24) is 10.6 Å². The average molecular weight is 269 g/mol. The van der Waals surface area contributed by atoms with Crippen LogP contribution in [0.15, 0.2) is 4.99 Å². The predicted molar refractivity (Wildman–Crippen MR) is 77.0 cm³/mol. The van der Waals surface area contributed by atoms with E-state index in [0.717, 1.165) is 10.9 Å². The molecule has 1 atom stereocenters. The minimum absolute atomic E-state index is 0.0111. The summed E-state index contributed by atoms with van der Waals surface area (Å²) in [6, 6.07) is -0.293. The molecule has 18 heavy (non-hydrogen) atoms. The first kappa shape index (κ1) is 13.7. The first-order valence-corrected chi connectivity index (χ1v) is 7.90. The Balaban J connectivity index is 1.93. The van der Waals surface area contributed by atoms with Crippen molar-refractivity contribution in [3.05, 3.63) is 0 Å². The topological polar surface area (TPSA) is 53.5 Å². The lowest BCUT2D eigenvalue weighted by Gasteiger charge is -2.32. The molecule has 0 bridgehead atoms. The number of likely N-dealkylation sites (N-methyl/N-ethyl adjacent to an activating group) is 1. The summed E-state index contributed by atoms with van der Waals surface area (Å²) >= 11 is 1.77. The van der Waals surface area contributed by atoms with Gasteiger partial charge in [0.15, 0.2) is 5.17 Å². The monoisotopic (exact) mass is 269 g/mol. The molecule has 2 fully saturated rings. The minimum atomic E-state index is -0.293. The molecule has 1 saturated carbocycles. The van der Waals surface area contributed by atoms with Crippen molar-refractivity contribution in [2.24, 2.45) is 4.99 Å². The van der Waals surface area contributed by atoms with Crippen LogP contribution in [-0.4, -0.2) is 35.0 Å². The van der Waals surface area contributed by atoms with Crippen molar-refractivity contribution >= 4 is 22.8 Å². The molecule has 1 spiro atoms. The molecule has 0 aromatic carbocycles. The Morgan fingerprint density at radius 2 is 2.22 bits per heavy atom. The van der Waals surface area contributed by atoms with Gasteiger partial charge in [-0.2, -0.15) is 0 Å². The summed E-state index contributed by atoms with van der Waals surface area (Å²) in [6.07, 6.45) is 6.47. The summed E-state index contributed by atoms with van der Waals surface area (Å²) in [5, 5.41) is 7.33. The second-order valence-corrected chi connectivity index (χ2v) is 6.22.